The van der Waals surface area contributed by atoms with Gasteiger partial charge in [0, 0.05) is 37.3 Å². The number of nitrogens with zero attached hydrogens (tertiary/aromatic N) is 5. The fraction of sp³-hybridized carbons (Fsp3) is 0.300. The summed E-state index contributed by atoms with van der Waals surface area (Å²) < 4.78 is 0. The van der Waals surface area contributed by atoms with Crippen molar-refractivity contribution in [1.82, 2.24) is 20.3 Å². The van der Waals surface area contributed by atoms with Gasteiger partial charge in [0.15, 0.2) is 0 Å². The van der Waals surface area contributed by atoms with Crippen LogP contribution in [0.4, 0.5) is 11.6 Å². The first-order valence-corrected chi connectivity index (χ1v) is 9.86. The normalized spacial score (nSPS) is 14.1. The molecule has 0 saturated carbocycles. The molecular weight excluding hydrogens is 372 g/mol. The van der Waals surface area contributed by atoms with Crippen LogP contribution in [0.5, 0.6) is 0 Å². The van der Waals surface area contributed by atoms with Crippen LogP contribution >= 0.6 is 11.3 Å². The second kappa shape index (κ2) is 7.82. The van der Waals surface area contributed by atoms with Crippen molar-refractivity contribution >= 4 is 39.1 Å². The summed E-state index contributed by atoms with van der Waals surface area (Å²) in [6.45, 7) is 5.69. The molecule has 1 aliphatic heterocycles. The molecule has 3 aromatic rings. The van der Waals surface area contributed by atoms with E-state index in [1.807, 2.05) is 6.07 Å². The van der Waals surface area contributed by atoms with Crippen LogP contribution < -0.4 is 15.1 Å². The number of nitrogens with one attached hydrogen (secondary N) is 1. The fourth-order valence-electron chi connectivity index (χ4n) is 3.30. The number of carbonyl (C=O) groups excluding carboxylic acids is 1. The summed E-state index contributed by atoms with van der Waals surface area (Å²) in [7, 11) is 0. The molecule has 0 atom stereocenters. The van der Waals surface area contributed by atoms with E-state index >= 15 is 0 Å². The lowest BCUT2D eigenvalue weighted by molar-refractivity contribution is 0.0958. The minimum absolute atomic E-state index is 0.208. The maximum Gasteiger partial charge on any atom is 0.253 e. The van der Waals surface area contributed by atoms with Gasteiger partial charge < -0.3 is 15.1 Å². The Morgan fingerprint density at radius 1 is 1.21 bits per heavy atom. The molecule has 142 valence electrons. The smallest absolute Gasteiger partial charge is 0.253 e. The van der Waals surface area contributed by atoms with Crippen LogP contribution in [-0.4, -0.2) is 53.6 Å². The highest BCUT2D eigenvalue weighted by molar-refractivity contribution is 7.18. The lowest BCUT2D eigenvalue weighted by Crippen LogP contribution is -2.47. The first-order valence-electron chi connectivity index (χ1n) is 9.04. The SMILES string of the molecule is C#CCNC(=O)c1ccc(N2CCN(c3ncnc4sc(C)cc34)CC2)nc1. The number of terminal acetylenes is 1. The minimum atomic E-state index is -0.208. The number of carbonyl (C=O) groups is 1. The molecule has 1 amide bonds. The van der Waals surface area contributed by atoms with Gasteiger partial charge in [-0.25, -0.2) is 15.0 Å². The summed E-state index contributed by atoms with van der Waals surface area (Å²) in [5, 5.41) is 3.77. The van der Waals surface area contributed by atoms with Gasteiger partial charge >= 0.3 is 0 Å². The van der Waals surface area contributed by atoms with E-state index in [1.165, 1.54) is 4.88 Å². The van der Waals surface area contributed by atoms with Crippen molar-refractivity contribution in [1.29, 1.82) is 0 Å². The number of piperazine rings is 1. The van der Waals surface area contributed by atoms with Crippen molar-refractivity contribution in [2.45, 2.75) is 6.92 Å². The van der Waals surface area contributed by atoms with Gasteiger partial charge in [0.05, 0.1) is 17.5 Å². The van der Waals surface area contributed by atoms with Crippen LogP contribution in [-0.2, 0) is 0 Å². The highest BCUT2D eigenvalue weighted by Gasteiger charge is 2.21. The van der Waals surface area contributed by atoms with Crippen molar-refractivity contribution in [3.8, 4) is 12.3 Å². The third-order valence-electron chi connectivity index (χ3n) is 4.70. The van der Waals surface area contributed by atoms with Crippen LogP contribution in [0.1, 0.15) is 15.2 Å². The maximum atomic E-state index is 11.9. The molecule has 8 heteroatoms. The Kier molecular flexibility index (Phi) is 5.08. The summed E-state index contributed by atoms with van der Waals surface area (Å²) in [6, 6.07) is 5.82. The van der Waals surface area contributed by atoms with Crippen LogP contribution in [0, 0.1) is 19.3 Å². The Balaban J connectivity index is 1.42. The van der Waals surface area contributed by atoms with E-state index in [4.69, 9.17) is 6.42 Å². The van der Waals surface area contributed by atoms with E-state index < -0.39 is 0 Å². The number of pyridine rings is 1. The average molecular weight is 392 g/mol. The standard InChI is InChI=1S/C20H20N6OS/c1-3-6-21-19(27)15-4-5-17(22-12-15)25-7-9-26(10-8-25)18-16-11-14(2)28-20(16)24-13-23-18/h1,4-5,11-13H,6-10H2,2H3,(H,21,27). The second-order valence-corrected chi connectivity index (χ2v) is 7.77. The minimum Gasteiger partial charge on any atom is -0.353 e. The number of fused-ring (bicyclic) bond motifs is 1. The molecule has 1 aliphatic rings. The molecule has 1 N–H and O–H groups in total. The van der Waals surface area contributed by atoms with Crippen molar-refractivity contribution in [2.24, 2.45) is 0 Å². The zero-order chi connectivity index (χ0) is 19.5. The second-order valence-electron chi connectivity index (χ2n) is 6.54. The van der Waals surface area contributed by atoms with Crippen LogP contribution in [0.3, 0.4) is 0 Å². The number of amides is 1. The molecule has 4 heterocycles. The largest absolute Gasteiger partial charge is 0.353 e. The molecule has 1 fully saturated rings. The van der Waals surface area contributed by atoms with Gasteiger partial charge in [0.2, 0.25) is 0 Å². The van der Waals surface area contributed by atoms with E-state index in [2.05, 4.69) is 49.0 Å². The Bertz CT molecular complexity index is 1030. The van der Waals surface area contributed by atoms with Crippen LogP contribution in [0.15, 0.2) is 30.7 Å². The molecule has 0 bridgehead atoms. The van der Waals surface area contributed by atoms with Crippen LogP contribution in [0.2, 0.25) is 0 Å². The number of rotatable bonds is 4. The molecule has 0 radical (unpaired) electrons. The van der Waals surface area contributed by atoms with Gasteiger partial charge in [0.25, 0.3) is 5.91 Å². The number of hydrogen-bond acceptors (Lipinski definition) is 7. The molecule has 28 heavy (non-hydrogen) atoms. The van der Waals surface area contributed by atoms with E-state index in [0.717, 1.165) is 48.0 Å². The molecular formula is C20H20N6OS. The monoisotopic (exact) mass is 392 g/mol. The Morgan fingerprint density at radius 3 is 2.71 bits per heavy atom. The summed E-state index contributed by atoms with van der Waals surface area (Å²) in [5.74, 6) is 4.05. The van der Waals surface area contributed by atoms with Crippen molar-refractivity contribution in [3.63, 3.8) is 0 Å². The predicted octanol–water partition coefficient (Wildman–Crippen LogP) is 2.08. The average Bonchev–Trinajstić information content (AvgIpc) is 3.12. The topological polar surface area (TPSA) is 74.2 Å². The van der Waals surface area contributed by atoms with Crippen molar-refractivity contribution in [3.05, 3.63) is 41.2 Å². The zero-order valence-electron chi connectivity index (χ0n) is 15.6. The van der Waals surface area contributed by atoms with Gasteiger partial charge in [-0.2, -0.15) is 0 Å². The van der Waals surface area contributed by atoms with Gasteiger partial charge in [-0.05, 0) is 25.1 Å². The molecule has 7 nitrogen and oxygen atoms in total. The lowest BCUT2D eigenvalue weighted by atomic mass is 10.2. The fourth-order valence-corrected chi connectivity index (χ4v) is 4.15. The van der Waals surface area contributed by atoms with Crippen molar-refractivity contribution in [2.75, 3.05) is 42.5 Å². The molecule has 4 rings (SSSR count). The summed E-state index contributed by atoms with van der Waals surface area (Å²) in [6.07, 6.45) is 8.40. The number of anilines is 2. The molecule has 0 aromatic carbocycles. The number of aryl methyl sites for hydroxylation is 1. The Hall–Kier alpha value is -3.18. The summed E-state index contributed by atoms with van der Waals surface area (Å²) >= 11 is 1.69. The third kappa shape index (κ3) is 3.62. The molecule has 1 saturated heterocycles. The van der Waals surface area contributed by atoms with Gasteiger partial charge in [-0.3, -0.25) is 4.79 Å². The Labute approximate surface area is 167 Å². The first kappa shape index (κ1) is 18.2. The molecule has 3 aromatic heterocycles. The van der Waals surface area contributed by atoms with E-state index in [1.54, 1.807) is 29.9 Å². The Morgan fingerprint density at radius 2 is 2.00 bits per heavy atom. The molecule has 0 spiro atoms. The lowest BCUT2D eigenvalue weighted by Gasteiger charge is -2.36. The molecule has 0 aliphatic carbocycles. The summed E-state index contributed by atoms with van der Waals surface area (Å²) in [5.41, 5.74) is 0.508. The number of thiophene rings is 1. The maximum absolute atomic E-state index is 11.9. The summed E-state index contributed by atoms with van der Waals surface area (Å²) in [4.78, 5) is 32.1. The van der Waals surface area contributed by atoms with E-state index in [0.29, 0.717) is 5.56 Å². The van der Waals surface area contributed by atoms with Gasteiger partial charge in [-0.1, -0.05) is 5.92 Å². The van der Waals surface area contributed by atoms with E-state index in [-0.39, 0.29) is 12.5 Å². The highest BCUT2D eigenvalue weighted by atomic mass is 32.1. The quantitative estimate of drug-likeness (QED) is 0.686. The number of aromatic nitrogens is 3. The third-order valence-corrected chi connectivity index (χ3v) is 5.65. The molecule has 0 unspecified atom stereocenters. The van der Waals surface area contributed by atoms with Crippen LogP contribution in [0.25, 0.3) is 10.2 Å². The highest BCUT2D eigenvalue weighted by Crippen LogP contribution is 2.30. The zero-order valence-corrected chi connectivity index (χ0v) is 16.4. The predicted molar refractivity (Wildman–Crippen MR) is 112 cm³/mol. The van der Waals surface area contributed by atoms with E-state index in [9.17, 15) is 4.79 Å². The number of hydrogen-bond donors (Lipinski definition) is 1. The van der Waals surface area contributed by atoms with Gasteiger partial charge in [0.1, 0.15) is 22.8 Å². The first-order chi connectivity index (χ1) is 13.7. The van der Waals surface area contributed by atoms with Crippen molar-refractivity contribution < 1.29 is 4.79 Å². The van der Waals surface area contributed by atoms with Gasteiger partial charge in [-0.15, -0.1) is 17.8 Å².